The molecule has 0 aromatic carbocycles. The Bertz CT molecular complexity index is 483. The van der Waals surface area contributed by atoms with Crippen LogP contribution < -0.4 is 33.2 Å². The first-order valence-corrected chi connectivity index (χ1v) is 8.77. The van der Waals surface area contributed by atoms with Gasteiger partial charge in [0.2, 0.25) is 23.6 Å². The van der Waals surface area contributed by atoms with Crippen molar-refractivity contribution in [2.24, 2.45) is 23.1 Å². The van der Waals surface area contributed by atoms with Gasteiger partial charge in [0.25, 0.3) is 0 Å². The molecule has 10 nitrogen and oxygen atoms in total. The summed E-state index contributed by atoms with van der Waals surface area (Å²) in [6.07, 6.45) is 2.06. The van der Waals surface area contributed by atoms with Gasteiger partial charge in [-0.15, -0.1) is 0 Å². The minimum absolute atomic E-state index is 0.142. The molecule has 0 saturated carbocycles. The number of rotatable bonds is 13. The number of hydrogen-bond acceptors (Lipinski definition) is 6. The van der Waals surface area contributed by atoms with Crippen molar-refractivity contribution in [1.29, 1.82) is 0 Å². The van der Waals surface area contributed by atoms with Crippen molar-refractivity contribution in [2.75, 3.05) is 19.6 Å². The molecule has 4 amide bonds. The predicted octanol–water partition coefficient (Wildman–Crippen LogP) is -2.31. The van der Waals surface area contributed by atoms with E-state index in [-0.39, 0.29) is 19.0 Å². The Balaban J connectivity index is 5.02. The third-order valence-corrected chi connectivity index (χ3v) is 3.56. The fourth-order valence-electron chi connectivity index (χ4n) is 2.29. The van der Waals surface area contributed by atoms with E-state index >= 15 is 0 Å². The smallest absolute Gasteiger partial charge is 0.243 e. The molecule has 0 radical (unpaired) electrons. The molecule has 9 N–H and O–H groups in total. The Labute approximate surface area is 154 Å². The fraction of sp³-hybridized carbons (Fsp3) is 0.750. The number of primary amides is 1. The van der Waals surface area contributed by atoms with Gasteiger partial charge in [0.05, 0.1) is 13.1 Å². The summed E-state index contributed by atoms with van der Waals surface area (Å²) in [7, 11) is 0. The molecule has 0 unspecified atom stereocenters. The summed E-state index contributed by atoms with van der Waals surface area (Å²) in [5.41, 5.74) is 15.8. The van der Waals surface area contributed by atoms with Crippen LogP contribution in [0.2, 0.25) is 0 Å². The summed E-state index contributed by atoms with van der Waals surface area (Å²) < 4.78 is 0. The highest BCUT2D eigenvalue weighted by Gasteiger charge is 2.27. The number of nitrogens with one attached hydrogen (secondary N) is 3. The molecule has 0 aliphatic carbocycles. The average molecular weight is 372 g/mol. The van der Waals surface area contributed by atoms with Crippen LogP contribution in [-0.2, 0) is 19.2 Å². The van der Waals surface area contributed by atoms with Gasteiger partial charge in [-0.1, -0.05) is 13.8 Å². The van der Waals surface area contributed by atoms with Crippen LogP contribution in [0.3, 0.4) is 0 Å². The molecule has 0 saturated heterocycles. The lowest BCUT2D eigenvalue weighted by Gasteiger charge is -2.24. The van der Waals surface area contributed by atoms with E-state index in [9.17, 15) is 19.2 Å². The summed E-state index contributed by atoms with van der Waals surface area (Å²) in [4.78, 5) is 47.2. The standard InChI is InChI=1S/C16H32N6O4/c1-10(2)7-12(21-14(24)8-18)16(26)22-11(5-3-4-6-17)15(25)20-9-13(19)23/h10-12H,3-9,17-18H2,1-2H3,(H2,19,23)(H,20,25)(H,21,24)(H,22,26)/t11-,12-/m0/s1. The first-order valence-electron chi connectivity index (χ1n) is 8.77. The summed E-state index contributed by atoms with van der Waals surface area (Å²) >= 11 is 0. The number of nitrogens with two attached hydrogens (primary N) is 3. The highest BCUT2D eigenvalue weighted by molar-refractivity contribution is 5.93. The Morgan fingerprint density at radius 2 is 1.58 bits per heavy atom. The lowest BCUT2D eigenvalue weighted by atomic mass is 10.0. The van der Waals surface area contributed by atoms with Crippen molar-refractivity contribution in [1.82, 2.24) is 16.0 Å². The van der Waals surface area contributed by atoms with E-state index in [0.717, 1.165) is 0 Å². The fourth-order valence-corrected chi connectivity index (χ4v) is 2.29. The van der Waals surface area contributed by atoms with Gasteiger partial charge in [0, 0.05) is 0 Å². The summed E-state index contributed by atoms with van der Waals surface area (Å²) in [6.45, 7) is 3.73. The zero-order valence-electron chi connectivity index (χ0n) is 15.5. The van der Waals surface area contributed by atoms with Crippen LogP contribution in [-0.4, -0.2) is 55.3 Å². The predicted molar refractivity (Wildman–Crippen MR) is 97.5 cm³/mol. The molecule has 0 bridgehead atoms. The molecule has 0 rings (SSSR count). The Hall–Kier alpha value is -2.20. The number of hydrogen-bond donors (Lipinski definition) is 6. The molecule has 150 valence electrons. The molecule has 0 aromatic rings. The van der Waals surface area contributed by atoms with E-state index in [1.165, 1.54) is 0 Å². The minimum Gasteiger partial charge on any atom is -0.368 e. The second-order valence-electron chi connectivity index (χ2n) is 6.48. The van der Waals surface area contributed by atoms with Crippen LogP contribution in [0.15, 0.2) is 0 Å². The number of amides is 4. The van der Waals surface area contributed by atoms with Gasteiger partial charge in [0.1, 0.15) is 12.1 Å². The molecule has 26 heavy (non-hydrogen) atoms. The Morgan fingerprint density at radius 1 is 0.923 bits per heavy atom. The first-order chi connectivity index (χ1) is 12.2. The SMILES string of the molecule is CC(C)C[C@H](NC(=O)CN)C(=O)N[C@@H](CCCCN)C(=O)NCC(N)=O. The normalized spacial score (nSPS) is 13.0. The monoisotopic (exact) mass is 372 g/mol. The molecule has 0 aliphatic heterocycles. The zero-order chi connectivity index (χ0) is 20.1. The molecule has 0 fully saturated rings. The van der Waals surface area contributed by atoms with Crippen molar-refractivity contribution in [3.63, 3.8) is 0 Å². The molecule has 0 aliphatic rings. The number of unbranched alkanes of at least 4 members (excludes halogenated alkanes) is 1. The highest BCUT2D eigenvalue weighted by Crippen LogP contribution is 2.07. The van der Waals surface area contributed by atoms with Crippen LogP contribution in [0.5, 0.6) is 0 Å². The second-order valence-corrected chi connectivity index (χ2v) is 6.48. The van der Waals surface area contributed by atoms with E-state index in [4.69, 9.17) is 17.2 Å². The second kappa shape index (κ2) is 13.1. The lowest BCUT2D eigenvalue weighted by molar-refractivity contribution is -0.132. The maximum absolute atomic E-state index is 12.6. The quantitative estimate of drug-likeness (QED) is 0.197. The van der Waals surface area contributed by atoms with Crippen LogP contribution in [0, 0.1) is 5.92 Å². The van der Waals surface area contributed by atoms with Gasteiger partial charge in [-0.05, 0) is 38.1 Å². The molecule has 0 heterocycles. The van der Waals surface area contributed by atoms with Crippen molar-refractivity contribution in [3.05, 3.63) is 0 Å². The first kappa shape index (κ1) is 23.8. The van der Waals surface area contributed by atoms with Gasteiger partial charge < -0.3 is 33.2 Å². The molecular formula is C16H32N6O4. The number of carbonyl (C=O) groups excluding carboxylic acids is 4. The van der Waals surface area contributed by atoms with Gasteiger partial charge in [-0.3, -0.25) is 19.2 Å². The van der Waals surface area contributed by atoms with Crippen molar-refractivity contribution < 1.29 is 19.2 Å². The van der Waals surface area contributed by atoms with Crippen LogP contribution in [0.25, 0.3) is 0 Å². The summed E-state index contributed by atoms with van der Waals surface area (Å²) in [5, 5.41) is 7.57. The average Bonchev–Trinajstić information content (AvgIpc) is 2.57. The van der Waals surface area contributed by atoms with Gasteiger partial charge in [-0.25, -0.2) is 0 Å². The molecule has 0 aromatic heterocycles. The third kappa shape index (κ3) is 10.6. The Morgan fingerprint density at radius 3 is 2.08 bits per heavy atom. The molecular weight excluding hydrogens is 340 g/mol. The molecule has 2 atom stereocenters. The maximum atomic E-state index is 12.6. The van der Waals surface area contributed by atoms with E-state index < -0.39 is 35.7 Å². The van der Waals surface area contributed by atoms with E-state index in [1.807, 2.05) is 13.8 Å². The lowest BCUT2D eigenvalue weighted by Crippen LogP contribution is -2.55. The summed E-state index contributed by atoms with van der Waals surface area (Å²) in [6, 6.07) is -1.65. The maximum Gasteiger partial charge on any atom is 0.243 e. The minimum atomic E-state index is -0.849. The van der Waals surface area contributed by atoms with E-state index in [0.29, 0.717) is 32.2 Å². The van der Waals surface area contributed by atoms with Crippen molar-refractivity contribution in [2.45, 2.75) is 51.6 Å². The van der Waals surface area contributed by atoms with Gasteiger partial charge in [0.15, 0.2) is 0 Å². The largest absolute Gasteiger partial charge is 0.368 e. The number of carbonyl (C=O) groups is 4. The van der Waals surface area contributed by atoms with Gasteiger partial charge >= 0.3 is 0 Å². The molecule has 10 heteroatoms. The van der Waals surface area contributed by atoms with Crippen LogP contribution >= 0.6 is 0 Å². The highest BCUT2D eigenvalue weighted by atomic mass is 16.2. The van der Waals surface area contributed by atoms with Gasteiger partial charge in [-0.2, -0.15) is 0 Å². The van der Waals surface area contributed by atoms with Crippen molar-refractivity contribution >= 4 is 23.6 Å². The topological polar surface area (TPSA) is 182 Å². The van der Waals surface area contributed by atoms with E-state index in [2.05, 4.69) is 16.0 Å². The Kier molecular flexibility index (Phi) is 12.0. The van der Waals surface area contributed by atoms with Crippen LogP contribution in [0.4, 0.5) is 0 Å². The van der Waals surface area contributed by atoms with Crippen molar-refractivity contribution in [3.8, 4) is 0 Å². The van der Waals surface area contributed by atoms with E-state index in [1.54, 1.807) is 0 Å². The third-order valence-electron chi connectivity index (χ3n) is 3.56. The zero-order valence-corrected chi connectivity index (χ0v) is 15.5. The summed E-state index contributed by atoms with van der Waals surface area (Å²) in [5.74, 6) is -1.99. The molecule has 0 spiro atoms. The van der Waals surface area contributed by atoms with Crippen LogP contribution in [0.1, 0.15) is 39.5 Å².